The summed E-state index contributed by atoms with van der Waals surface area (Å²) in [5, 5.41) is 12.9. The van der Waals surface area contributed by atoms with Crippen LogP contribution in [0.25, 0.3) is 0 Å². The van der Waals surface area contributed by atoms with Crippen molar-refractivity contribution in [2.75, 3.05) is 6.54 Å². The van der Waals surface area contributed by atoms with Crippen LogP contribution in [0.3, 0.4) is 0 Å². The van der Waals surface area contributed by atoms with Gasteiger partial charge in [0.1, 0.15) is 11.5 Å². The number of carbonyl (C=O) groups is 1. The highest BCUT2D eigenvalue weighted by Crippen LogP contribution is 2.26. The number of benzene rings is 1. The Bertz CT molecular complexity index is 648. The number of phenols is 1. The number of carbonyl (C=O) groups excluding carboxylic acids is 1. The lowest BCUT2D eigenvalue weighted by atomic mass is 10.1. The van der Waals surface area contributed by atoms with Gasteiger partial charge in [0.05, 0.1) is 19.4 Å². The lowest BCUT2D eigenvalue weighted by Crippen LogP contribution is -2.41. The Morgan fingerprint density at radius 3 is 2.71 bits per heavy atom. The highest BCUT2D eigenvalue weighted by molar-refractivity contribution is 5.78. The van der Waals surface area contributed by atoms with Crippen LogP contribution in [0.15, 0.2) is 47.1 Å². The number of nitrogens with zero attached hydrogens (tertiary/aromatic N) is 1. The summed E-state index contributed by atoms with van der Waals surface area (Å²) in [6, 6.07) is 11.4. The molecule has 0 unspecified atom stereocenters. The van der Waals surface area contributed by atoms with E-state index in [0.717, 1.165) is 24.2 Å². The Labute approximate surface area is 142 Å². The third kappa shape index (κ3) is 4.38. The van der Waals surface area contributed by atoms with Crippen LogP contribution in [0.1, 0.15) is 37.0 Å². The van der Waals surface area contributed by atoms with E-state index in [4.69, 9.17) is 4.42 Å². The van der Waals surface area contributed by atoms with Crippen molar-refractivity contribution in [2.45, 2.75) is 44.8 Å². The predicted octanol–water partition coefficient (Wildman–Crippen LogP) is 3.05. The summed E-state index contributed by atoms with van der Waals surface area (Å²) in [6.45, 7) is 1.33. The first kappa shape index (κ1) is 16.6. The third-order valence-electron chi connectivity index (χ3n) is 4.59. The molecule has 1 saturated carbocycles. The van der Waals surface area contributed by atoms with Gasteiger partial charge in [0.25, 0.3) is 0 Å². The number of amides is 1. The van der Waals surface area contributed by atoms with Crippen LogP contribution in [0.5, 0.6) is 5.75 Å². The van der Waals surface area contributed by atoms with Crippen molar-refractivity contribution >= 4 is 5.91 Å². The molecule has 1 aliphatic carbocycles. The van der Waals surface area contributed by atoms with Gasteiger partial charge in [0.2, 0.25) is 5.91 Å². The second-order valence-electron chi connectivity index (χ2n) is 6.33. The van der Waals surface area contributed by atoms with Gasteiger partial charge in [-0.25, -0.2) is 0 Å². The quantitative estimate of drug-likeness (QED) is 0.820. The Kier molecular flexibility index (Phi) is 5.54. The lowest BCUT2D eigenvalue weighted by Gasteiger charge is -2.28. The number of phenolic OH excluding ortho intramolecular Hbond substituents is 1. The third-order valence-corrected chi connectivity index (χ3v) is 4.59. The van der Waals surface area contributed by atoms with E-state index in [1.807, 2.05) is 30.3 Å². The van der Waals surface area contributed by atoms with Crippen LogP contribution in [-0.4, -0.2) is 28.5 Å². The first-order valence-electron chi connectivity index (χ1n) is 8.52. The van der Waals surface area contributed by atoms with E-state index in [1.54, 1.807) is 12.3 Å². The number of hydrogen-bond donors (Lipinski definition) is 2. The number of rotatable bonds is 7. The summed E-state index contributed by atoms with van der Waals surface area (Å²) in [6.07, 6.45) is 6.23. The fourth-order valence-corrected chi connectivity index (χ4v) is 3.29. The average Bonchev–Trinajstić information content (AvgIpc) is 3.28. The van der Waals surface area contributed by atoms with Crippen molar-refractivity contribution in [1.29, 1.82) is 0 Å². The maximum atomic E-state index is 12.3. The van der Waals surface area contributed by atoms with Gasteiger partial charge >= 0.3 is 0 Å². The van der Waals surface area contributed by atoms with Crippen molar-refractivity contribution in [3.8, 4) is 5.75 Å². The number of furan rings is 1. The van der Waals surface area contributed by atoms with Crippen LogP contribution in [-0.2, 0) is 17.9 Å². The zero-order chi connectivity index (χ0) is 16.8. The van der Waals surface area contributed by atoms with Crippen LogP contribution in [0.2, 0.25) is 0 Å². The van der Waals surface area contributed by atoms with Crippen molar-refractivity contribution in [3.63, 3.8) is 0 Å². The summed E-state index contributed by atoms with van der Waals surface area (Å²) >= 11 is 0. The van der Waals surface area contributed by atoms with E-state index < -0.39 is 0 Å². The summed E-state index contributed by atoms with van der Waals surface area (Å²) in [5.41, 5.74) is 0.864. The van der Waals surface area contributed by atoms with E-state index in [0.29, 0.717) is 25.7 Å². The zero-order valence-corrected chi connectivity index (χ0v) is 13.8. The molecule has 0 aliphatic heterocycles. The first-order chi connectivity index (χ1) is 11.7. The molecule has 1 amide bonds. The molecule has 1 heterocycles. The smallest absolute Gasteiger partial charge is 0.234 e. The molecule has 1 fully saturated rings. The van der Waals surface area contributed by atoms with E-state index in [9.17, 15) is 9.90 Å². The molecule has 24 heavy (non-hydrogen) atoms. The standard InChI is InChI=1S/C19H24N2O3/c22-18-10-4-1-6-15(18)13-21(16-7-2-3-8-16)14-19(23)20-12-17-9-5-11-24-17/h1,4-6,9-11,16,22H,2-3,7-8,12-14H2,(H,20,23). The Morgan fingerprint density at radius 2 is 2.00 bits per heavy atom. The van der Waals surface area contributed by atoms with Gasteiger partial charge in [-0.15, -0.1) is 0 Å². The molecule has 3 rings (SSSR count). The second kappa shape index (κ2) is 8.02. The summed E-state index contributed by atoms with van der Waals surface area (Å²) in [7, 11) is 0. The van der Waals surface area contributed by atoms with Gasteiger partial charge in [-0.1, -0.05) is 31.0 Å². The van der Waals surface area contributed by atoms with Crippen molar-refractivity contribution in [2.24, 2.45) is 0 Å². The second-order valence-corrected chi connectivity index (χ2v) is 6.33. The highest BCUT2D eigenvalue weighted by atomic mass is 16.3. The van der Waals surface area contributed by atoms with Crippen molar-refractivity contribution in [3.05, 3.63) is 54.0 Å². The zero-order valence-electron chi connectivity index (χ0n) is 13.8. The molecule has 5 heteroatoms. The predicted molar refractivity (Wildman–Crippen MR) is 91.3 cm³/mol. The SMILES string of the molecule is O=C(CN(Cc1ccccc1O)C1CCCC1)NCc1ccco1. The molecule has 0 radical (unpaired) electrons. The Balaban J connectivity index is 1.61. The molecule has 2 aromatic rings. The molecule has 1 aromatic carbocycles. The largest absolute Gasteiger partial charge is 0.508 e. The average molecular weight is 328 g/mol. The number of para-hydroxylation sites is 1. The molecular weight excluding hydrogens is 304 g/mol. The fraction of sp³-hybridized carbons (Fsp3) is 0.421. The van der Waals surface area contributed by atoms with Crippen LogP contribution < -0.4 is 5.32 Å². The van der Waals surface area contributed by atoms with Gasteiger partial charge in [0.15, 0.2) is 0 Å². The molecule has 5 nitrogen and oxygen atoms in total. The summed E-state index contributed by atoms with van der Waals surface area (Å²) < 4.78 is 5.24. The van der Waals surface area contributed by atoms with E-state index in [1.165, 1.54) is 12.8 Å². The van der Waals surface area contributed by atoms with E-state index >= 15 is 0 Å². The minimum Gasteiger partial charge on any atom is -0.508 e. The number of nitrogens with one attached hydrogen (secondary N) is 1. The molecule has 128 valence electrons. The van der Waals surface area contributed by atoms with Crippen LogP contribution >= 0.6 is 0 Å². The molecule has 0 spiro atoms. The van der Waals surface area contributed by atoms with Crippen molar-refractivity contribution in [1.82, 2.24) is 10.2 Å². The van der Waals surface area contributed by atoms with Crippen LogP contribution in [0, 0.1) is 0 Å². The fourth-order valence-electron chi connectivity index (χ4n) is 3.29. The molecule has 0 saturated heterocycles. The maximum Gasteiger partial charge on any atom is 0.234 e. The van der Waals surface area contributed by atoms with Gasteiger partial charge in [-0.2, -0.15) is 0 Å². The normalized spacial score (nSPS) is 15.0. The minimum atomic E-state index is -0.0197. The molecule has 1 aliphatic rings. The molecule has 0 atom stereocenters. The van der Waals surface area contributed by atoms with Gasteiger partial charge < -0.3 is 14.8 Å². The number of aromatic hydroxyl groups is 1. The van der Waals surface area contributed by atoms with Crippen molar-refractivity contribution < 1.29 is 14.3 Å². The van der Waals surface area contributed by atoms with Crippen LogP contribution in [0.4, 0.5) is 0 Å². The molecular formula is C19H24N2O3. The molecule has 2 N–H and O–H groups in total. The highest BCUT2D eigenvalue weighted by Gasteiger charge is 2.25. The monoisotopic (exact) mass is 328 g/mol. The Morgan fingerprint density at radius 1 is 1.21 bits per heavy atom. The summed E-state index contributed by atoms with van der Waals surface area (Å²) in [5.74, 6) is 1.02. The van der Waals surface area contributed by atoms with Gasteiger partial charge in [-0.3, -0.25) is 9.69 Å². The van der Waals surface area contributed by atoms with E-state index in [2.05, 4.69) is 10.2 Å². The topological polar surface area (TPSA) is 65.7 Å². The summed E-state index contributed by atoms with van der Waals surface area (Å²) in [4.78, 5) is 14.5. The Hall–Kier alpha value is -2.27. The molecule has 1 aromatic heterocycles. The van der Waals surface area contributed by atoms with Gasteiger partial charge in [0, 0.05) is 18.2 Å². The maximum absolute atomic E-state index is 12.3. The number of hydrogen-bond acceptors (Lipinski definition) is 4. The minimum absolute atomic E-state index is 0.0197. The van der Waals surface area contributed by atoms with Gasteiger partial charge in [-0.05, 0) is 31.0 Å². The molecule has 0 bridgehead atoms. The first-order valence-corrected chi connectivity index (χ1v) is 8.52. The lowest BCUT2D eigenvalue weighted by molar-refractivity contribution is -0.123. The van der Waals surface area contributed by atoms with E-state index in [-0.39, 0.29) is 11.7 Å².